The predicted octanol–water partition coefficient (Wildman–Crippen LogP) is 0.0337. The zero-order valence-electron chi connectivity index (χ0n) is 7.25. The molecule has 3 aliphatic heterocycles. The van der Waals surface area contributed by atoms with Gasteiger partial charge in [0.25, 0.3) is 0 Å². The number of carbonyl (C=O) groups excluding carboxylic acids is 1. The molecule has 3 aliphatic rings. The van der Waals surface area contributed by atoms with Gasteiger partial charge < -0.3 is 5.11 Å². The minimum absolute atomic E-state index is 0.135. The zero-order chi connectivity index (χ0) is 8.60. The van der Waals surface area contributed by atoms with Crippen molar-refractivity contribution in [1.29, 1.82) is 0 Å². The molecule has 0 amide bonds. The zero-order valence-corrected chi connectivity index (χ0v) is 7.25. The van der Waals surface area contributed by atoms with E-state index in [1.165, 1.54) is 0 Å². The van der Waals surface area contributed by atoms with Crippen LogP contribution in [0.1, 0.15) is 19.3 Å². The number of rotatable bonds is 2. The van der Waals surface area contributed by atoms with Gasteiger partial charge in [-0.1, -0.05) is 0 Å². The van der Waals surface area contributed by atoms with Crippen LogP contribution in [0.3, 0.4) is 0 Å². The number of nitrogens with zero attached hydrogens (tertiary/aromatic N) is 1. The first-order valence-corrected chi connectivity index (χ1v) is 4.63. The van der Waals surface area contributed by atoms with E-state index in [-0.39, 0.29) is 12.0 Å². The molecule has 3 nitrogen and oxygen atoms in total. The van der Waals surface area contributed by atoms with Gasteiger partial charge in [0.1, 0.15) is 0 Å². The SMILES string of the molecule is O=C1CN2CCC1(CCO)CC2. The minimum atomic E-state index is -0.135. The normalized spacial score (nSPS) is 40.4. The molecule has 68 valence electrons. The predicted molar refractivity (Wildman–Crippen MR) is 44.8 cm³/mol. The fourth-order valence-corrected chi connectivity index (χ4v) is 2.39. The summed E-state index contributed by atoms with van der Waals surface area (Å²) in [6.07, 6.45) is 2.61. The number of fused-ring (bicyclic) bond motifs is 3. The van der Waals surface area contributed by atoms with Crippen molar-refractivity contribution in [3.05, 3.63) is 0 Å². The lowest BCUT2D eigenvalue weighted by Gasteiger charge is -2.46. The number of aliphatic hydroxyl groups is 1. The fourth-order valence-electron chi connectivity index (χ4n) is 2.39. The lowest BCUT2D eigenvalue weighted by Crippen LogP contribution is -2.55. The number of piperidine rings is 3. The van der Waals surface area contributed by atoms with Gasteiger partial charge in [0.2, 0.25) is 0 Å². The summed E-state index contributed by atoms with van der Waals surface area (Å²) in [6, 6.07) is 0. The van der Waals surface area contributed by atoms with Crippen LogP contribution in [0.5, 0.6) is 0 Å². The molecule has 0 aromatic carbocycles. The minimum Gasteiger partial charge on any atom is -0.396 e. The Morgan fingerprint density at radius 3 is 2.58 bits per heavy atom. The summed E-state index contributed by atoms with van der Waals surface area (Å²) in [5.41, 5.74) is -0.135. The second kappa shape index (κ2) is 2.82. The largest absolute Gasteiger partial charge is 0.396 e. The maximum absolute atomic E-state index is 11.6. The summed E-state index contributed by atoms with van der Waals surface area (Å²) in [6.45, 7) is 2.88. The molecule has 1 N–H and O–H groups in total. The van der Waals surface area contributed by atoms with E-state index >= 15 is 0 Å². The van der Waals surface area contributed by atoms with E-state index in [0.29, 0.717) is 18.7 Å². The highest BCUT2D eigenvalue weighted by Crippen LogP contribution is 2.39. The van der Waals surface area contributed by atoms with Crippen molar-refractivity contribution in [1.82, 2.24) is 4.90 Å². The first kappa shape index (κ1) is 8.20. The van der Waals surface area contributed by atoms with Crippen LogP contribution in [-0.2, 0) is 4.79 Å². The van der Waals surface area contributed by atoms with E-state index in [9.17, 15) is 4.79 Å². The summed E-state index contributed by atoms with van der Waals surface area (Å²) in [7, 11) is 0. The van der Waals surface area contributed by atoms with Crippen LogP contribution < -0.4 is 0 Å². The summed E-state index contributed by atoms with van der Waals surface area (Å²) in [4.78, 5) is 13.8. The van der Waals surface area contributed by atoms with E-state index in [1.54, 1.807) is 0 Å². The van der Waals surface area contributed by atoms with Gasteiger partial charge in [0.05, 0.1) is 6.54 Å². The van der Waals surface area contributed by atoms with E-state index in [0.717, 1.165) is 25.9 Å². The van der Waals surface area contributed by atoms with E-state index in [1.807, 2.05) is 0 Å². The Balaban J connectivity index is 2.15. The van der Waals surface area contributed by atoms with Gasteiger partial charge in [-0.25, -0.2) is 0 Å². The molecule has 12 heavy (non-hydrogen) atoms. The highest BCUT2D eigenvalue weighted by Gasteiger charge is 2.45. The van der Waals surface area contributed by atoms with Crippen LogP contribution in [0, 0.1) is 5.41 Å². The number of Topliss-reactive ketones (excluding diaryl/α,β-unsaturated/α-hetero) is 1. The molecule has 3 heterocycles. The number of hydrogen-bond donors (Lipinski definition) is 1. The Hall–Kier alpha value is -0.410. The van der Waals surface area contributed by atoms with Crippen molar-refractivity contribution >= 4 is 5.78 Å². The molecule has 0 aromatic heterocycles. The molecular weight excluding hydrogens is 154 g/mol. The van der Waals surface area contributed by atoms with Crippen molar-refractivity contribution in [3.8, 4) is 0 Å². The Labute approximate surface area is 72.4 Å². The van der Waals surface area contributed by atoms with Gasteiger partial charge in [-0.05, 0) is 32.4 Å². The maximum atomic E-state index is 11.6. The number of ketones is 1. The Kier molecular flexibility index (Phi) is 1.93. The summed E-state index contributed by atoms with van der Waals surface area (Å²) in [5, 5.41) is 8.88. The van der Waals surface area contributed by atoms with Gasteiger partial charge in [-0.2, -0.15) is 0 Å². The van der Waals surface area contributed by atoms with Crippen LogP contribution in [0.15, 0.2) is 0 Å². The molecule has 3 fully saturated rings. The lowest BCUT2D eigenvalue weighted by atomic mass is 9.69. The standard InChI is InChI=1S/C9H15NO2/c11-6-3-9-1-4-10(5-2-9)7-8(9)12/h11H,1-7H2. The van der Waals surface area contributed by atoms with Crippen LogP contribution in [0.2, 0.25) is 0 Å². The van der Waals surface area contributed by atoms with Gasteiger partial charge in [-0.3, -0.25) is 9.69 Å². The molecule has 0 unspecified atom stereocenters. The molecule has 3 heteroatoms. The third-order valence-electron chi connectivity index (χ3n) is 3.36. The van der Waals surface area contributed by atoms with Crippen molar-refractivity contribution in [3.63, 3.8) is 0 Å². The first-order chi connectivity index (χ1) is 5.77. The van der Waals surface area contributed by atoms with Gasteiger partial charge >= 0.3 is 0 Å². The average molecular weight is 169 g/mol. The molecule has 0 atom stereocenters. The molecule has 3 saturated heterocycles. The first-order valence-electron chi connectivity index (χ1n) is 4.63. The van der Waals surface area contributed by atoms with Crippen LogP contribution in [0.25, 0.3) is 0 Å². The van der Waals surface area contributed by atoms with Crippen molar-refractivity contribution < 1.29 is 9.90 Å². The second-order valence-electron chi connectivity index (χ2n) is 3.95. The topological polar surface area (TPSA) is 40.5 Å². The summed E-state index contributed by atoms with van der Waals surface area (Å²) in [5.74, 6) is 0.356. The van der Waals surface area contributed by atoms with Crippen molar-refractivity contribution in [2.75, 3.05) is 26.2 Å². The molecule has 0 aliphatic carbocycles. The third-order valence-corrected chi connectivity index (χ3v) is 3.36. The van der Waals surface area contributed by atoms with E-state index in [4.69, 9.17) is 5.11 Å². The Morgan fingerprint density at radius 1 is 1.42 bits per heavy atom. The summed E-state index contributed by atoms with van der Waals surface area (Å²) < 4.78 is 0. The van der Waals surface area contributed by atoms with Gasteiger partial charge in [-0.15, -0.1) is 0 Å². The quantitative estimate of drug-likeness (QED) is 0.634. The monoisotopic (exact) mass is 169 g/mol. The van der Waals surface area contributed by atoms with Crippen molar-refractivity contribution in [2.24, 2.45) is 5.41 Å². The third kappa shape index (κ3) is 1.08. The van der Waals surface area contributed by atoms with E-state index < -0.39 is 0 Å². The van der Waals surface area contributed by atoms with Crippen molar-refractivity contribution in [2.45, 2.75) is 19.3 Å². The lowest BCUT2D eigenvalue weighted by molar-refractivity contribution is -0.141. The molecule has 0 radical (unpaired) electrons. The number of carbonyl (C=O) groups is 1. The molecular formula is C9H15NO2. The van der Waals surface area contributed by atoms with Crippen LogP contribution >= 0.6 is 0 Å². The van der Waals surface area contributed by atoms with Crippen LogP contribution in [-0.4, -0.2) is 42.0 Å². The highest BCUT2D eigenvalue weighted by atomic mass is 16.3. The van der Waals surface area contributed by atoms with E-state index in [2.05, 4.69) is 4.90 Å². The van der Waals surface area contributed by atoms with Crippen LogP contribution in [0.4, 0.5) is 0 Å². The maximum Gasteiger partial charge on any atom is 0.153 e. The Bertz CT molecular complexity index is 189. The average Bonchev–Trinajstić information content (AvgIpc) is 2.08. The molecule has 3 rings (SSSR count). The molecule has 0 saturated carbocycles. The number of hydrogen-bond acceptors (Lipinski definition) is 3. The van der Waals surface area contributed by atoms with Gasteiger partial charge in [0, 0.05) is 12.0 Å². The molecule has 2 bridgehead atoms. The molecule has 0 aromatic rings. The fraction of sp³-hybridized carbons (Fsp3) is 0.889. The van der Waals surface area contributed by atoms with Gasteiger partial charge in [0.15, 0.2) is 5.78 Å². The molecule has 0 spiro atoms. The summed E-state index contributed by atoms with van der Waals surface area (Å²) >= 11 is 0. The highest BCUT2D eigenvalue weighted by molar-refractivity contribution is 5.88. The smallest absolute Gasteiger partial charge is 0.153 e. The number of aliphatic hydroxyl groups excluding tert-OH is 1. The Morgan fingerprint density at radius 2 is 2.08 bits per heavy atom. The second-order valence-corrected chi connectivity index (χ2v) is 3.95.